The standard InChI is InChI=1S/C34H53F3N2.C12H22.C3H8.C3H6.2C2H6.CH3F.CH2O2/c1-21-7-9-23(10-8-21)24-13-17-31(3)26(22(24)2)14-18-32(4)27-15-19-33(39-30(20-38)34(35,36)37)16-5-6-28(33)25(27)11-12-29(31)32;1-4-10(3)12-8-6-11(5-2)7-9-12;2*1-3-2;3*1-2;2-1-3/h9,13,21-22,25-30,39H,5-8,10-12,14-20,38H2,1-4H3;8,10-11H,4-7,9H2,1-3H3;3H2,1-2H3;3H,1H2,2H3;2*1-2H3;1H3;1H,(H,2,3). The fraction of sp³-hybridized carbons (Fsp3) is 0.845. The summed E-state index contributed by atoms with van der Waals surface area (Å²) < 4.78 is 50.9. The van der Waals surface area contributed by atoms with Gasteiger partial charge in [-0.3, -0.25) is 14.5 Å². The van der Waals surface area contributed by atoms with Crippen molar-refractivity contribution in [1.82, 2.24) is 5.32 Å². The SMILES string of the molecule is C=CC.CC.CC.CC1CC=C(C2=CCC3(C)C(CCC4(C)C5CCC6(NC(CN)C(F)(F)F)CCCC6C5CCC34)C2C)CC1.CCC.CCC1CC=C(C(C)CC)CC1.CF.O=CO. The third kappa shape index (κ3) is 16.3. The average molecular weight is 939 g/mol. The predicted octanol–water partition coefficient (Wildman–Crippen LogP) is 17.7. The summed E-state index contributed by atoms with van der Waals surface area (Å²) in [5, 5.41) is 10.1. The number of halogens is 4. The lowest BCUT2D eigenvalue weighted by Crippen LogP contribution is -2.66. The van der Waals surface area contributed by atoms with Gasteiger partial charge in [0.05, 0.1) is 7.18 Å². The molecule has 4 nitrogen and oxygen atoms in total. The fourth-order valence-electron chi connectivity index (χ4n) is 14.0. The van der Waals surface area contributed by atoms with Crippen molar-refractivity contribution in [2.45, 2.75) is 237 Å². The maximum atomic E-state index is 13.8. The summed E-state index contributed by atoms with van der Waals surface area (Å²) in [5.41, 5.74) is 11.0. The molecule has 0 heterocycles. The maximum absolute atomic E-state index is 13.8. The molecule has 4 N–H and O–H groups in total. The molecule has 0 amide bonds. The van der Waals surface area contributed by atoms with Crippen molar-refractivity contribution in [1.29, 1.82) is 0 Å². The first kappa shape index (κ1) is 64.1. The van der Waals surface area contributed by atoms with E-state index < -0.39 is 12.2 Å². The van der Waals surface area contributed by atoms with Crippen LogP contribution >= 0.6 is 0 Å². The summed E-state index contributed by atoms with van der Waals surface area (Å²) in [4.78, 5) is 8.36. The number of hydrogen-bond donors (Lipinski definition) is 3. The zero-order valence-corrected chi connectivity index (χ0v) is 45.5. The molecule has 13 unspecified atom stereocenters. The molecular weight excluding hydrogens is 833 g/mol. The Morgan fingerprint density at radius 2 is 1.44 bits per heavy atom. The van der Waals surface area contributed by atoms with Crippen molar-refractivity contribution in [3.63, 3.8) is 0 Å². The lowest BCUT2D eigenvalue weighted by atomic mass is 9.38. The molecule has 4 saturated carbocycles. The van der Waals surface area contributed by atoms with Gasteiger partial charge in [0.1, 0.15) is 6.04 Å². The van der Waals surface area contributed by atoms with E-state index in [-0.39, 0.29) is 18.6 Å². The molecule has 0 spiro atoms. The number of alkyl halides is 4. The van der Waals surface area contributed by atoms with Gasteiger partial charge in [0.15, 0.2) is 0 Å². The molecule has 0 aromatic rings. The molecule has 13 atom stereocenters. The first-order chi connectivity index (χ1) is 31.4. The zero-order valence-electron chi connectivity index (χ0n) is 45.5. The number of carboxylic acid groups (broad SMARTS) is 1. The van der Waals surface area contributed by atoms with E-state index in [1.165, 1.54) is 89.9 Å². The smallest absolute Gasteiger partial charge is 0.405 e. The highest BCUT2D eigenvalue weighted by molar-refractivity contribution is 5.37. The minimum Gasteiger partial charge on any atom is -0.483 e. The number of allylic oxidation sites excluding steroid dienone is 7. The van der Waals surface area contributed by atoms with Gasteiger partial charge in [-0.15, -0.1) is 6.58 Å². The Morgan fingerprint density at radius 1 is 0.848 bits per heavy atom. The predicted molar refractivity (Wildman–Crippen MR) is 278 cm³/mol. The van der Waals surface area contributed by atoms with E-state index in [1.54, 1.807) is 22.8 Å². The van der Waals surface area contributed by atoms with Gasteiger partial charge in [-0.25, -0.2) is 0 Å². The van der Waals surface area contributed by atoms with E-state index in [0.717, 1.165) is 61.7 Å². The molecule has 0 saturated heterocycles. The molecule has 0 aromatic heterocycles. The second-order valence-electron chi connectivity index (χ2n) is 20.8. The molecule has 0 bridgehead atoms. The molecular formula is C58H106F4N2O2. The summed E-state index contributed by atoms with van der Waals surface area (Å²) in [6, 6.07) is -1.58. The molecule has 66 heavy (non-hydrogen) atoms. The van der Waals surface area contributed by atoms with Crippen LogP contribution in [0.15, 0.2) is 47.6 Å². The van der Waals surface area contributed by atoms with Crippen LogP contribution in [0.2, 0.25) is 0 Å². The third-order valence-electron chi connectivity index (χ3n) is 17.2. The Bertz CT molecular complexity index is 1420. The number of carbonyl (C=O) groups is 1. The summed E-state index contributed by atoms with van der Waals surface area (Å²) >= 11 is 0. The lowest BCUT2D eigenvalue weighted by molar-refractivity contribution is -0.179. The summed E-state index contributed by atoms with van der Waals surface area (Å²) in [6.07, 6.45) is 28.3. The van der Waals surface area contributed by atoms with Gasteiger partial charge in [-0.2, -0.15) is 13.2 Å². The number of hydrogen-bond acceptors (Lipinski definition) is 3. The molecule has 0 aromatic carbocycles. The van der Waals surface area contributed by atoms with E-state index >= 15 is 0 Å². The van der Waals surface area contributed by atoms with Crippen molar-refractivity contribution in [2.24, 2.45) is 69.8 Å². The van der Waals surface area contributed by atoms with Gasteiger partial charge in [-0.1, -0.05) is 139 Å². The van der Waals surface area contributed by atoms with Gasteiger partial charge in [0, 0.05) is 12.1 Å². The number of nitrogens with one attached hydrogen (secondary N) is 1. The van der Waals surface area contributed by atoms with E-state index in [1.807, 2.05) is 34.6 Å². The van der Waals surface area contributed by atoms with Crippen molar-refractivity contribution < 1.29 is 27.5 Å². The summed E-state index contributed by atoms with van der Waals surface area (Å²) in [5.74, 6) is 6.33. The molecule has 8 heteroatoms. The van der Waals surface area contributed by atoms with Crippen LogP contribution in [0, 0.1) is 64.1 Å². The highest BCUT2D eigenvalue weighted by Gasteiger charge is 2.64. The molecule has 7 aliphatic rings. The Kier molecular flexibility index (Phi) is 31.1. The third-order valence-corrected chi connectivity index (χ3v) is 17.2. The Balaban J connectivity index is 0.00000130. The molecule has 7 rings (SSSR count). The zero-order chi connectivity index (χ0) is 50.9. The van der Waals surface area contributed by atoms with Crippen LogP contribution in [0.4, 0.5) is 17.6 Å². The van der Waals surface area contributed by atoms with Crippen molar-refractivity contribution >= 4 is 6.47 Å². The van der Waals surface area contributed by atoms with Gasteiger partial charge < -0.3 is 10.8 Å². The second-order valence-corrected chi connectivity index (χ2v) is 20.8. The second kappa shape index (κ2) is 32.1. The molecule has 7 aliphatic carbocycles. The highest BCUT2D eigenvalue weighted by atomic mass is 19.4. The van der Waals surface area contributed by atoms with Gasteiger partial charge in [-0.05, 0) is 185 Å². The van der Waals surface area contributed by atoms with E-state index in [2.05, 4.69) is 92.4 Å². The van der Waals surface area contributed by atoms with Gasteiger partial charge >= 0.3 is 6.18 Å². The van der Waals surface area contributed by atoms with E-state index in [9.17, 15) is 17.6 Å². The lowest BCUT2D eigenvalue weighted by Gasteiger charge is -2.67. The van der Waals surface area contributed by atoms with Crippen LogP contribution in [-0.2, 0) is 4.79 Å². The molecule has 0 radical (unpaired) electrons. The first-order valence-corrected chi connectivity index (χ1v) is 27.1. The Morgan fingerprint density at radius 3 is 1.92 bits per heavy atom. The van der Waals surface area contributed by atoms with Crippen molar-refractivity contribution in [2.75, 3.05) is 13.7 Å². The maximum Gasteiger partial charge on any atom is 0.405 e. The number of fused-ring (bicyclic) bond motifs is 7. The largest absolute Gasteiger partial charge is 0.483 e. The Hall–Kier alpha value is -1.93. The Labute approximate surface area is 405 Å². The van der Waals surface area contributed by atoms with Crippen LogP contribution in [-0.4, -0.2) is 43.1 Å². The van der Waals surface area contributed by atoms with E-state index in [0.29, 0.717) is 41.7 Å². The summed E-state index contributed by atoms with van der Waals surface area (Å²) in [6.45, 7) is 34.0. The van der Waals surface area contributed by atoms with Gasteiger partial charge in [0.2, 0.25) is 0 Å². The topological polar surface area (TPSA) is 75.3 Å². The summed E-state index contributed by atoms with van der Waals surface area (Å²) in [7, 11) is 0.500. The van der Waals surface area contributed by atoms with Crippen molar-refractivity contribution in [3.05, 3.63) is 47.6 Å². The van der Waals surface area contributed by atoms with Crippen molar-refractivity contribution in [3.8, 4) is 0 Å². The van der Waals surface area contributed by atoms with Crippen LogP contribution in [0.1, 0.15) is 219 Å². The van der Waals surface area contributed by atoms with E-state index in [4.69, 9.17) is 15.6 Å². The van der Waals surface area contributed by atoms with Crippen LogP contribution in [0.3, 0.4) is 0 Å². The minimum atomic E-state index is -4.28. The highest BCUT2D eigenvalue weighted by Crippen LogP contribution is 2.71. The number of rotatable bonds is 7. The molecule has 4 fully saturated rings. The fourth-order valence-corrected chi connectivity index (χ4v) is 14.0. The van der Waals surface area contributed by atoms with Crippen LogP contribution < -0.4 is 11.1 Å². The number of nitrogens with two attached hydrogens (primary N) is 1. The first-order valence-electron chi connectivity index (χ1n) is 27.1. The van der Waals surface area contributed by atoms with Gasteiger partial charge in [0.25, 0.3) is 6.47 Å². The minimum absolute atomic E-state index is 0.250. The molecule has 388 valence electrons. The normalized spacial score (nSPS) is 34.5. The van der Waals surface area contributed by atoms with Crippen LogP contribution in [0.25, 0.3) is 0 Å². The quantitative estimate of drug-likeness (QED) is 0.135. The average Bonchev–Trinajstić information content (AvgIpc) is 3.75. The van der Waals surface area contributed by atoms with Crippen LogP contribution in [0.5, 0.6) is 0 Å². The molecule has 0 aliphatic heterocycles. The monoisotopic (exact) mass is 939 g/mol.